The molecule has 0 N–H and O–H groups in total. The van der Waals surface area contributed by atoms with E-state index in [0.29, 0.717) is 23.1 Å². The molecule has 2 aliphatic heterocycles. The third kappa shape index (κ3) is 2.39. The molecule has 0 aromatic carbocycles. The number of amides is 1. The first-order valence-electron chi connectivity index (χ1n) is 6.74. The summed E-state index contributed by atoms with van der Waals surface area (Å²) in [6.45, 7) is 4.25. The van der Waals surface area contributed by atoms with Crippen LogP contribution in [0.5, 0.6) is 0 Å². The summed E-state index contributed by atoms with van der Waals surface area (Å²) in [5, 5.41) is 0.406. The van der Waals surface area contributed by atoms with Gasteiger partial charge in [0.1, 0.15) is 5.76 Å². The zero-order valence-electron chi connectivity index (χ0n) is 11.0. The zero-order valence-corrected chi connectivity index (χ0v) is 11.8. The van der Waals surface area contributed by atoms with E-state index in [0.717, 1.165) is 31.9 Å². The minimum atomic E-state index is 0.0165. The highest BCUT2D eigenvalue weighted by atomic mass is 32.2. The summed E-state index contributed by atoms with van der Waals surface area (Å²) in [7, 11) is 0. The number of hydrogen-bond acceptors (Lipinski definition) is 5. The normalized spacial score (nSPS) is 27.1. The molecule has 0 radical (unpaired) electrons. The molecule has 2 aliphatic rings. The maximum atomic E-state index is 12.6. The van der Waals surface area contributed by atoms with Gasteiger partial charge in [-0.1, -0.05) is 6.92 Å². The van der Waals surface area contributed by atoms with Crippen molar-refractivity contribution in [3.05, 3.63) is 17.8 Å². The fourth-order valence-corrected chi connectivity index (χ4v) is 4.07. The summed E-state index contributed by atoms with van der Waals surface area (Å²) in [4.78, 5) is 18.7. The second kappa shape index (κ2) is 5.54. The lowest BCUT2D eigenvalue weighted by Gasteiger charge is -2.43. The number of aryl methyl sites for hydroxylation is 1. The van der Waals surface area contributed by atoms with Crippen molar-refractivity contribution >= 4 is 17.7 Å². The van der Waals surface area contributed by atoms with Crippen molar-refractivity contribution in [3.63, 3.8) is 0 Å². The van der Waals surface area contributed by atoms with E-state index in [-0.39, 0.29) is 11.9 Å². The van der Waals surface area contributed by atoms with Crippen LogP contribution < -0.4 is 0 Å². The van der Waals surface area contributed by atoms with Crippen molar-refractivity contribution in [3.8, 4) is 0 Å². The maximum absolute atomic E-state index is 12.6. The lowest BCUT2D eigenvalue weighted by Crippen LogP contribution is -2.54. The summed E-state index contributed by atoms with van der Waals surface area (Å²) in [5.74, 6) is 1.67. The van der Waals surface area contributed by atoms with E-state index < -0.39 is 0 Å². The second-order valence-electron chi connectivity index (χ2n) is 4.82. The number of rotatable bonds is 2. The number of oxazole rings is 1. The molecule has 104 valence electrons. The van der Waals surface area contributed by atoms with Crippen molar-refractivity contribution in [2.75, 3.05) is 25.5 Å². The molecule has 0 saturated carbocycles. The number of carbonyl (C=O) groups is 1. The van der Waals surface area contributed by atoms with Crippen molar-refractivity contribution in [1.29, 1.82) is 0 Å². The Bertz CT molecular complexity index is 460. The number of hydrogen-bond donors (Lipinski definition) is 0. The van der Waals surface area contributed by atoms with Crippen LogP contribution in [-0.4, -0.2) is 52.6 Å². The van der Waals surface area contributed by atoms with Crippen LogP contribution in [0.1, 0.15) is 29.6 Å². The van der Waals surface area contributed by atoms with Crippen molar-refractivity contribution in [1.82, 2.24) is 9.88 Å². The smallest absolute Gasteiger partial charge is 0.276 e. The molecule has 0 spiro atoms. The van der Waals surface area contributed by atoms with Gasteiger partial charge in [0, 0.05) is 36.6 Å². The first-order chi connectivity index (χ1) is 9.31. The molecule has 1 aromatic heterocycles. The highest BCUT2D eigenvalue weighted by Gasteiger charge is 2.38. The molecule has 1 aromatic rings. The fourth-order valence-electron chi connectivity index (χ4n) is 2.77. The Balaban J connectivity index is 1.82. The van der Waals surface area contributed by atoms with Gasteiger partial charge in [-0.2, -0.15) is 11.8 Å². The van der Waals surface area contributed by atoms with E-state index in [1.165, 1.54) is 6.39 Å². The fraction of sp³-hybridized carbons (Fsp3) is 0.692. The number of fused-ring (bicyclic) bond motifs is 1. The second-order valence-corrected chi connectivity index (χ2v) is 6.16. The summed E-state index contributed by atoms with van der Waals surface area (Å²) in [5.41, 5.74) is 0.486. The Labute approximate surface area is 116 Å². The number of thioether (sulfide) groups is 1. The van der Waals surface area contributed by atoms with Gasteiger partial charge in [0.25, 0.3) is 5.91 Å². The monoisotopic (exact) mass is 282 g/mol. The Hall–Kier alpha value is -1.01. The molecule has 19 heavy (non-hydrogen) atoms. The van der Waals surface area contributed by atoms with Crippen LogP contribution in [0.3, 0.4) is 0 Å². The molecule has 2 saturated heterocycles. The van der Waals surface area contributed by atoms with Gasteiger partial charge in [-0.05, 0) is 6.42 Å². The number of aromatic nitrogens is 1. The average molecular weight is 282 g/mol. The summed E-state index contributed by atoms with van der Waals surface area (Å²) >= 11 is 1.91. The predicted octanol–water partition coefficient (Wildman–Crippen LogP) is 1.58. The lowest BCUT2D eigenvalue weighted by molar-refractivity contribution is 0.0315. The maximum Gasteiger partial charge on any atom is 0.276 e. The van der Waals surface area contributed by atoms with Gasteiger partial charge in [0.05, 0.1) is 6.61 Å². The summed E-state index contributed by atoms with van der Waals surface area (Å²) in [6.07, 6.45) is 2.98. The Kier molecular flexibility index (Phi) is 3.79. The Morgan fingerprint density at radius 2 is 2.53 bits per heavy atom. The first kappa shape index (κ1) is 13.0. The van der Waals surface area contributed by atoms with Crippen LogP contribution >= 0.6 is 11.8 Å². The van der Waals surface area contributed by atoms with Gasteiger partial charge in [-0.25, -0.2) is 4.98 Å². The summed E-state index contributed by atoms with van der Waals surface area (Å²) < 4.78 is 10.8. The first-order valence-corrected chi connectivity index (χ1v) is 7.78. The minimum absolute atomic E-state index is 0.0165. The molecule has 2 atom stereocenters. The molecule has 6 heteroatoms. The van der Waals surface area contributed by atoms with Gasteiger partial charge in [-0.15, -0.1) is 0 Å². The minimum Gasteiger partial charge on any atom is -0.448 e. The third-order valence-electron chi connectivity index (χ3n) is 3.76. The van der Waals surface area contributed by atoms with Crippen LogP contribution in [0.2, 0.25) is 0 Å². The highest BCUT2D eigenvalue weighted by molar-refractivity contribution is 8.00. The average Bonchev–Trinajstić information content (AvgIpc) is 2.94. The van der Waals surface area contributed by atoms with E-state index >= 15 is 0 Å². The number of nitrogens with zero attached hydrogens (tertiary/aromatic N) is 2. The molecule has 3 heterocycles. The van der Waals surface area contributed by atoms with Crippen LogP contribution in [0.4, 0.5) is 0 Å². The number of carbonyl (C=O) groups excluding carboxylic acids is 1. The molecule has 2 fully saturated rings. The molecular formula is C13H18N2O3S. The standard InChI is InChI=1S/C13H18N2O3S/c1-2-10-12(14-8-18-10)13(16)15-4-6-19-11-7-17-5-3-9(11)15/h8-9,11H,2-7H2,1H3. The van der Waals surface area contributed by atoms with Crippen molar-refractivity contribution < 1.29 is 13.9 Å². The quantitative estimate of drug-likeness (QED) is 0.824. The molecular weight excluding hydrogens is 264 g/mol. The molecule has 0 bridgehead atoms. The molecule has 3 rings (SSSR count). The van der Waals surface area contributed by atoms with Crippen LogP contribution in [0.25, 0.3) is 0 Å². The predicted molar refractivity (Wildman–Crippen MR) is 72.4 cm³/mol. The molecule has 2 unspecified atom stereocenters. The van der Waals surface area contributed by atoms with Crippen molar-refractivity contribution in [2.45, 2.75) is 31.1 Å². The Morgan fingerprint density at radius 3 is 3.37 bits per heavy atom. The van der Waals surface area contributed by atoms with E-state index in [4.69, 9.17) is 9.15 Å². The van der Waals surface area contributed by atoms with Gasteiger partial charge < -0.3 is 14.1 Å². The van der Waals surface area contributed by atoms with E-state index in [1.807, 2.05) is 23.6 Å². The third-order valence-corrected chi connectivity index (χ3v) is 5.06. The van der Waals surface area contributed by atoms with Gasteiger partial charge in [0.15, 0.2) is 12.1 Å². The molecule has 5 nitrogen and oxygen atoms in total. The van der Waals surface area contributed by atoms with E-state index in [2.05, 4.69) is 4.98 Å². The topological polar surface area (TPSA) is 55.6 Å². The molecule has 0 aliphatic carbocycles. The molecule has 1 amide bonds. The van der Waals surface area contributed by atoms with E-state index in [9.17, 15) is 4.79 Å². The van der Waals surface area contributed by atoms with Gasteiger partial charge in [0.2, 0.25) is 0 Å². The van der Waals surface area contributed by atoms with Gasteiger partial charge >= 0.3 is 0 Å². The summed E-state index contributed by atoms with van der Waals surface area (Å²) in [6, 6.07) is 0.279. The van der Waals surface area contributed by atoms with Crippen LogP contribution in [-0.2, 0) is 11.2 Å². The van der Waals surface area contributed by atoms with Gasteiger partial charge in [-0.3, -0.25) is 4.79 Å². The van der Waals surface area contributed by atoms with Crippen molar-refractivity contribution in [2.24, 2.45) is 0 Å². The zero-order chi connectivity index (χ0) is 13.2. The van der Waals surface area contributed by atoms with Crippen LogP contribution in [0, 0.1) is 0 Å². The lowest BCUT2D eigenvalue weighted by atomic mass is 10.1. The Morgan fingerprint density at radius 1 is 1.63 bits per heavy atom. The van der Waals surface area contributed by atoms with Crippen LogP contribution in [0.15, 0.2) is 10.8 Å². The number of ether oxygens (including phenoxy) is 1. The highest BCUT2D eigenvalue weighted by Crippen LogP contribution is 2.31. The SMILES string of the molecule is CCc1ocnc1C(=O)N1CCSC2COCCC21. The largest absolute Gasteiger partial charge is 0.448 e. The van der Waals surface area contributed by atoms with E-state index in [1.54, 1.807) is 0 Å².